The van der Waals surface area contributed by atoms with Crippen molar-refractivity contribution in [3.8, 4) is 0 Å². The first-order valence-electron chi connectivity index (χ1n) is 8.35. The second kappa shape index (κ2) is 6.83. The Balaban J connectivity index is 1.91. The van der Waals surface area contributed by atoms with Crippen LogP contribution in [0.5, 0.6) is 0 Å². The molecule has 0 spiro atoms. The number of nitrogens with zero attached hydrogens (tertiary/aromatic N) is 1. The van der Waals surface area contributed by atoms with Crippen molar-refractivity contribution >= 4 is 29.2 Å². The van der Waals surface area contributed by atoms with Crippen molar-refractivity contribution in [2.24, 2.45) is 0 Å². The van der Waals surface area contributed by atoms with E-state index < -0.39 is 23.1 Å². The Labute approximate surface area is 155 Å². The van der Waals surface area contributed by atoms with Gasteiger partial charge in [-0.25, -0.2) is 4.39 Å². The van der Waals surface area contributed by atoms with Gasteiger partial charge in [-0.3, -0.25) is 14.4 Å². The van der Waals surface area contributed by atoms with Crippen LogP contribution in [0.4, 0.5) is 15.8 Å². The Morgan fingerprint density at radius 2 is 1.89 bits per heavy atom. The molecular formula is C20H19FN2O4. The molecule has 0 bridgehead atoms. The molecule has 0 atom stereocenters. The molecule has 27 heavy (non-hydrogen) atoms. The molecular weight excluding hydrogens is 351 g/mol. The van der Waals surface area contributed by atoms with Gasteiger partial charge in [-0.15, -0.1) is 0 Å². The minimum atomic E-state index is -0.873. The van der Waals surface area contributed by atoms with E-state index in [9.17, 15) is 18.8 Å². The number of halogens is 1. The molecule has 0 aliphatic carbocycles. The normalized spacial score (nSPS) is 14.7. The van der Waals surface area contributed by atoms with Crippen LogP contribution in [-0.2, 0) is 19.7 Å². The summed E-state index contributed by atoms with van der Waals surface area (Å²) in [5, 5.41) is 2.65. The van der Waals surface area contributed by atoms with Crippen molar-refractivity contribution in [3.05, 3.63) is 59.4 Å². The minimum absolute atomic E-state index is 0.0688. The molecule has 0 radical (unpaired) electrons. The zero-order valence-electron chi connectivity index (χ0n) is 15.2. The Bertz CT molecular complexity index is 939. The average Bonchev–Trinajstić information content (AvgIpc) is 2.82. The fourth-order valence-corrected chi connectivity index (χ4v) is 3.11. The van der Waals surface area contributed by atoms with Gasteiger partial charge in [-0.05, 0) is 49.7 Å². The fourth-order valence-electron chi connectivity index (χ4n) is 3.11. The Morgan fingerprint density at radius 1 is 1.19 bits per heavy atom. The number of ether oxygens (including phenoxy) is 1. The predicted molar refractivity (Wildman–Crippen MR) is 98.2 cm³/mol. The number of rotatable bonds is 4. The highest BCUT2D eigenvalue weighted by atomic mass is 19.1. The standard InChI is InChI=1S/C20H19FN2O4/c1-20(2)14-10-12(22-18(25)13-6-4-5-7-15(13)21)8-9-16(14)23(19(20)26)11-17(24)27-3/h4-10H,11H2,1-3H3,(H,22,25). The summed E-state index contributed by atoms with van der Waals surface area (Å²) in [6.07, 6.45) is 0. The van der Waals surface area contributed by atoms with E-state index in [4.69, 9.17) is 0 Å². The van der Waals surface area contributed by atoms with E-state index in [1.807, 2.05) is 0 Å². The Morgan fingerprint density at radius 3 is 2.56 bits per heavy atom. The lowest BCUT2D eigenvalue weighted by molar-refractivity contribution is -0.140. The van der Waals surface area contributed by atoms with Crippen LogP contribution in [0, 0.1) is 5.82 Å². The van der Waals surface area contributed by atoms with E-state index in [0.29, 0.717) is 16.9 Å². The second-order valence-corrected chi connectivity index (χ2v) is 6.76. The van der Waals surface area contributed by atoms with Gasteiger partial charge in [-0.1, -0.05) is 12.1 Å². The van der Waals surface area contributed by atoms with Crippen LogP contribution in [0.15, 0.2) is 42.5 Å². The number of esters is 1. The molecule has 0 saturated heterocycles. The van der Waals surface area contributed by atoms with Gasteiger partial charge < -0.3 is 15.0 Å². The maximum absolute atomic E-state index is 13.8. The van der Waals surface area contributed by atoms with Crippen molar-refractivity contribution in [1.29, 1.82) is 0 Å². The zero-order chi connectivity index (χ0) is 19.8. The zero-order valence-corrected chi connectivity index (χ0v) is 15.2. The maximum Gasteiger partial charge on any atom is 0.325 e. The summed E-state index contributed by atoms with van der Waals surface area (Å²) in [5.41, 5.74) is 0.743. The third kappa shape index (κ3) is 3.28. The van der Waals surface area contributed by atoms with Gasteiger partial charge in [0.1, 0.15) is 12.4 Å². The number of hydrogen-bond acceptors (Lipinski definition) is 4. The topological polar surface area (TPSA) is 75.7 Å². The molecule has 1 aliphatic rings. The van der Waals surface area contributed by atoms with Crippen molar-refractivity contribution in [1.82, 2.24) is 0 Å². The van der Waals surface area contributed by atoms with E-state index in [1.54, 1.807) is 38.1 Å². The lowest BCUT2D eigenvalue weighted by Crippen LogP contribution is -2.39. The van der Waals surface area contributed by atoms with Crippen molar-refractivity contribution in [3.63, 3.8) is 0 Å². The summed E-state index contributed by atoms with van der Waals surface area (Å²) < 4.78 is 18.4. The number of amides is 2. The van der Waals surface area contributed by atoms with Gasteiger partial charge in [0.25, 0.3) is 5.91 Å². The molecule has 140 valence electrons. The van der Waals surface area contributed by atoms with E-state index in [2.05, 4.69) is 10.1 Å². The first kappa shape index (κ1) is 18.6. The smallest absolute Gasteiger partial charge is 0.325 e. The fraction of sp³-hybridized carbons (Fsp3) is 0.250. The first-order chi connectivity index (χ1) is 12.8. The molecule has 1 heterocycles. The van der Waals surface area contributed by atoms with Gasteiger partial charge in [0, 0.05) is 11.4 Å². The lowest BCUT2D eigenvalue weighted by atomic mass is 9.86. The van der Waals surface area contributed by atoms with Crippen LogP contribution >= 0.6 is 0 Å². The van der Waals surface area contributed by atoms with Gasteiger partial charge in [0.15, 0.2) is 0 Å². The molecule has 2 amide bonds. The summed E-state index contributed by atoms with van der Waals surface area (Å²) in [7, 11) is 1.26. The molecule has 2 aromatic rings. The third-order valence-corrected chi connectivity index (χ3v) is 4.63. The van der Waals surface area contributed by atoms with Gasteiger partial charge in [0.05, 0.1) is 18.1 Å². The largest absolute Gasteiger partial charge is 0.468 e. The highest BCUT2D eigenvalue weighted by Crippen LogP contribution is 2.42. The SMILES string of the molecule is COC(=O)CN1C(=O)C(C)(C)c2cc(NC(=O)c3ccccc3F)ccc21. The third-order valence-electron chi connectivity index (χ3n) is 4.63. The number of nitrogens with one attached hydrogen (secondary N) is 1. The summed E-state index contributed by atoms with van der Waals surface area (Å²) in [4.78, 5) is 38.0. The molecule has 0 unspecified atom stereocenters. The number of fused-ring (bicyclic) bond motifs is 1. The van der Waals surface area contributed by atoms with Crippen LogP contribution in [0.1, 0.15) is 29.8 Å². The molecule has 1 aliphatic heterocycles. The molecule has 6 nitrogen and oxygen atoms in total. The lowest BCUT2D eigenvalue weighted by Gasteiger charge is -2.19. The molecule has 2 aromatic carbocycles. The predicted octanol–water partition coefficient (Wildman–Crippen LogP) is 2.88. The molecule has 0 saturated carbocycles. The van der Waals surface area contributed by atoms with Crippen LogP contribution in [-0.4, -0.2) is 31.4 Å². The van der Waals surface area contributed by atoms with Crippen LogP contribution in [0.25, 0.3) is 0 Å². The van der Waals surface area contributed by atoms with Gasteiger partial charge in [-0.2, -0.15) is 0 Å². The molecule has 3 rings (SSSR count). The molecule has 1 N–H and O–H groups in total. The molecule has 7 heteroatoms. The Hall–Kier alpha value is -3.22. The number of hydrogen-bond donors (Lipinski definition) is 1. The molecule has 0 aromatic heterocycles. The highest BCUT2D eigenvalue weighted by molar-refractivity contribution is 6.11. The van der Waals surface area contributed by atoms with E-state index in [0.717, 1.165) is 0 Å². The van der Waals surface area contributed by atoms with E-state index >= 15 is 0 Å². The number of carbonyl (C=O) groups excluding carboxylic acids is 3. The minimum Gasteiger partial charge on any atom is -0.468 e. The molecule has 0 fully saturated rings. The van der Waals surface area contributed by atoms with Gasteiger partial charge >= 0.3 is 5.97 Å². The summed E-state index contributed by atoms with van der Waals surface area (Å²) in [6.45, 7) is 3.30. The van der Waals surface area contributed by atoms with Crippen LogP contribution in [0.2, 0.25) is 0 Å². The number of methoxy groups -OCH3 is 1. The summed E-state index contributed by atoms with van der Waals surface area (Å²) >= 11 is 0. The summed E-state index contributed by atoms with van der Waals surface area (Å²) in [5.74, 6) is -1.96. The van der Waals surface area contributed by atoms with E-state index in [1.165, 1.54) is 30.2 Å². The van der Waals surface area contributed by atoms with Crippen molar-refractivity contribution < 1.29 is 23.5 Å². The van der Waals surface area contributed by atoms with Crippen molar-refractivity contribution in [2.75, 3.05) is 23.9 Å². The maximum atomic E-state index is 13.8. The number of carbonyl (C=O) groups is 3. The summed E-state index contributed by atoms with van der Waals surface area (Å²) in [6, 6.07) is 10.6. The highest BCUT2D eigenvalue weighted by Gasteiger charge is 2.44. The second-order valence-electron chi connectivity index (χ2n) is 6.76. The quantitative estimate of drug-likeness (QED) is 0.840. The monoisotopic (exact) mass is 370 g/mol. The van der Waals surface area contributed by atoms with Crippen molar-refractivity contribution in [2.45, 2.75) is 19.3 Å². The van der Waals surface area contributed by atoms with Crippen LogP contribution < -0.4 is 10.2 Å². The van der Waals surface area contributed by atoms with Crippen LogP contribution in [0.3, 0.4) is 0 Å². The average molecular weight is 370 g/mol. The Kier molecular flexibility index (Phi) is 4.70. The van der Waals surface area contributed by atoms with E-state index in [-0.39, 0.29) is 18.0 Å². The number of benzene rings is 2. The van der Waals surface area contributed by atoms with Gasteiger partial charge in [0.2, 0.25) is 5.91 Å². The number of anilines is 2. The first-order valence-corrected chi connectivity index (χ1v) is 8.35.